The first-order valence-electron chi connectivity index (χ1n) is 10.4. The highest BCUT2D eigenvalue weighted by Crippen LogP contribution is 2.30. The summed E-state index contributed by atoms with van der Waals surface area (Å²) in [6, 6.07) is 3.46. The van der Waals surface area contributed by atoms with Gasteiger partial charge in [-0.1, -0.05) is 39.0 Å². The molecule has 0 aromatic carbocycles. The number of carbonyl (C=O) groups is 1. The molecule has 1 saturated heterocycles. The van der Waals surface area contributed by atoms with Crippen LogP contribution in [0.25, 0.3) is 0 Å². The van der Waals surface area contributed by atoms with Gasteiger partial charge in [0.15, 0.2) is 0 Å². The molecule has 8 heteroatoms. The molecule has 2 aliphatic rings. The van der Waals surface area contributed by atoms with Crippen molar-refractivity contribution in [1.82, 2.24) is 9.62 Å². The maximum Gasteiger partial charge on any atom is 0.252 e. The number of hydrogen-bond donors (Lipinski definition) is 1. The summed E-state index contributed by atoms with van der Waals surface area (Å²) in [7, 11) is -3.46. The number of rotatable bonds is 8. The van der Waals surface area contributed by atoms with E-state index in [1.54, 1.807) is 12.1 Å². The Bertz CT molecular complexity index is 735. The van der Waals surface area contributed by atoms with E-state index in [-0.39, 0.29) is 11.8 Å². The highest BCUT2D eigenvalue weighted by atomic mass is 32.2. The molecule has 158 valence electrons. The van der Waals surface area contributed by atoms with Crippen molar-refractivity contribution in [3.63, 3.8) is 0 Å². The first kappa shape index (κ1) is 21.7. The first-order chi connectivity index (χ1) is 13.5. The Morgan fingerprint density at radius 1 is 1.25 bits per heavy atom. The number of sulfonamides is 1. The minimum absolute atomic E-state index is 0.0552. The van der Waals surface area contributed by atoms with Crippen LogP contribution in [0.4, 0.5) is 0 Å². The second-order valence-electron chi connectivity index (χ2n) is 7.80. The number of thiophene rings is 1. The second-order valence-corrected chi connectivity index (χ2v) is 11.1. The predicted octanol–water partition coefficient (Wildman–Crippen LogP) is 3.38. The summed E-state index contributed by atoms with van der Waals surface area (Å²) in [5.41, 5.74) is 0. The van der Waals surface area contributed by atoms with Crippen molar-refractivity contribution in [1.29, 1.82) is 0 Å². The van der Waals surface area contributed by atoms with Gasteiger partial charge in [0, 0.05) is 23.9 Å². The monoisotopic (exact) mass is 428 g/mol. The van der Waals surface area contributed by atoms with Crippen molar-refractivity contribution >= 4 is 27.3 Å². The van der Waals surface area contributed by atoms with Crippen LogP contribution in [0, 0.1) is 11.8 Å². The SMILES string of the molecule is CCC(CC1CCCCC1)C(=O)NCc1ccc(S(=O)(=O)N2CCOCC2)s1. The lowest BCUT2D eigenvalue weighted by molar-refractivity contribution is -0.125. The summed E-state index contributed by atoms with van der Waals surface area (Å²) in [5.74, 6) is 0.829. The maximum atomic E-state index is 12.7. The van der Waals surface area contributed by atoms with Crippen molar-refractivity contribution < 1.29 is 17.9 Å². The smallest absolute Gasteiger partial charge is 0.252 e. The van der Waals surface area contributed by atoms with Crippen LogP contribution in [-0.4, -0.2) is 44.9 Å². The van der Waals surface area contributed by atoms with E-state index in [4.69, 9.17) is 4.74 Å². The van der Waals surface area contributed by atoms with Gasteiger partial charge in [0.2, 0.25) is 5.91 Å². The Morgan fingerprint density at radius 3 is 2.64 bits per heavy atom. The van der Waals surface area contributed by atoms with Crippen molar-refractivity contribution in [3.05, 3.63) is 17.0 Å². The van der Waals surface area contributed by atoms with Crippen LogP contribution >= 0.6 is 11.3 Å². The molecule has 1 amide bonds. The van der Waals surface area contributed by atoms with Crippen LogP contribution in [0.15, 0.2) is 16.3 Å². The largest absolute Gasteiger partial charge is 0.379 e. The Labute approximate surface area is 172 Å². The number of ether oxygens (including phenoxy) is 1. The third-order valence-electron chi connectivity index (χ3n) is 5.84. The highest BCUT2D eigenvalue weighted by Gasteiger charge is 2.28. The van der Waals surface area contributed by atoms with E-state index in [1.807, 2.05) is 0 Å². The average molecular weight is 429 g/mol. The van der Waals surface area contributed by atoms with E-state index < -0.39 is 10.0 Å². The normalized spacial score (nSPS) is 20.8. The fourth-order valence-electron chi connectivity index (χ4n) is 4.11. The molecule has 1 aliphatic heterocycles. The molecule has 1 atom stereocenters. The summed E-state index contributed by atoms with van der Waals surface area (Å²) >= 11 is 1.25. The Balaban J connectivity index is 1.53. The van der Waals surface area contributed by atoms with E-state index in [9.17, 15) is 13.2 Å². The molecular formula is C20H32N2O4S2. The second kappa shape index (κ2) is 10.2. The lowest BCUT2D eigenvalue weighted by Gasteiger charge is -2.25. The van der Waals surface area contributed by atoms with Gasteiger partial charge in [-0.2, -0.15) is 4.31 Å². The molecule has 28 heavy (non-hydrogen) atoms. The molecule has 0 radical (unpaired) electrons. The molecule has 1 unspecified atom stereocenters. The molecule has 1 N–H and O–H groups in total. The zero-order valence-electron chi connectivity index (χ0n) is 16.7. The minimum atomic E-state index is -3.46. The van der Waals surface area contributed by atoms with Gasteiger partial charge in [-0.15, -0.1) is 11.3 Å². The van der Waals surface area contributed by atoms with Crippen molar-refractivity contribution in [2.75, 3.05) is 26.3 Å². The number of carbonyl (C=O) groups excluding carboxylic acids is 1. The summed E-state index contributed by atoms with van der Waals surface area (Å²) in [5, 5.41) is 3.03. The molecule has 6 nitrogen and oxygen atoms in total. The third-order valence-corrected chi connectivity index (χ3v) is 9.30. The van der Waals surface area contributed by atoms with Crippen LogP contribution in [0.3, 0.4) is 0 Å². The minimum Gasteiger partial charge on any atom is -0.379 e. The van der Waals surface area contributed by atoms with E-state index >= 15 is 0 Å². The van der Waals surface area contributed by atoms with Gasteiger partial charge in [0.25, 0.3) is 10.0 Å². The van der Waals surface area contributed by atoms with Crippen LogP contribution < -0.4 is 5.32 Å². The molecule has 1 saturated carbocycles. The lowest BCUT2D eigenvalue weighted by atomic mass is 9.82. The van der Waals surface area contributed by atoms with Crippen LogP contribution in [0.1, 0.15) is 56.7 Å². The summed E-state index contributed by atoms with van der Waals surface area (Å²) in [6.07, 6.45) is 8.23. The number of nitrogens with one attached hydrogen (secondary N) is 1. The molecular weight excluding hydrogens is 396 g/mol. The summed E-state index contributed by atoms with van der Waals surface area (Å²) in [6.45, 7) is 4.13. The van der Waals surface area contributed by atoms with Crippen molar-refractivity contribution in [2.45, 2.75) is 62.6 Å². The Kier molecular flexibility index (Phi) is 7.91. The number of amides is 1. The molecule has 1 aliphatic carbocycles. The first-order valence-corrected chi connectivity index (χ1v) is 12.7. The quantitative estimate of drug-likeness (QED) is 0.689. The molecule has 0 spiro atoms. The Morgan fingerprint density at radius 2 is 1.96 bits per heavy atom. The van der Waals surface area contributed by atoms with Gasteiger partial charge in [-0.3, -0.25) is 4.79 Å². The number of morpholine rings is 1. The molecule has 1 aromatic rings. The predicted molar refractivity (Wildman–Crippen MR) is 111 cm³/mol. The number of nitrogens with zero attached hydrogens (tertiary/aromatic N) is 1. The van der Waals surface area contributed by atoms with Gasteiger partial charge in [0.05, 0.1) is 19.8 Å². The van der Waals surface area contributed by atoms with Crippen LogP contribution in [0.2, 0.25) is 0 Å². The van der Waals surface area contributed by atoms with Crippen molar-refractivity contribution in [2.24, 2.45) is 11.8 Å². The maximum absolute atomic E-state index is 12.7. The van der Waals surface area contributed by atoms with E-state index in [0.717, 1.165) is 17.7 Å². The van der Waals surface area contributed by atoms with Crippen LogP contribution in [-0.2, 0) is 26.1 Å². The Hall–Kier alpha value is -0.960. The van der Waals surface area contributed by atoms with Gasteiger partial charge >= 0.3 is 0 Å². The van der Waals surface area contributed by atoms with Gasteiger partial charge < -0.3 is 10.1 Å². The van der Waals surface area contributed by atoms with E-state index in [0.29, 0.717) is 43.0 Å². The lowest BCUT2D eigenvalue weighted by Crippen LogP contribution is -2.40. The summed E-state index contributed by atoms with van der Waals surface area (Å²) < 4.78 is 32.5. The van der Waals surface area contributed by atoms with Crippen LogP contribution in [0.5, 0.6) is 0 Å². The average Bonchev–Trinajstić information content (AvgIpc) is 3.21. The standard InChI is InChI=1S/C20H32N2O4S2/c1-2-17(14-16-6-4-3-5-7-16)20(23)21-15-18-8-9-19(27-18)28(24,25)22-10-12-26-13-11-22/h8-9,16-17H,2-7,10-15H2,1H3,(H,21,23). The van der Waals surface area contributed by atoms with Crippen molar-refractivity contribution in [3.8, 4) is 0 Å². The fourth-order valence-corrected chi connectivity index (χ4v) is 6.97. The highest BCUT2D eigenvalue weighted by molar-refractivity contribution is 7.91. The number of hydrogen-bond acceptors (Lipinski definition) is 5. The zero-order chi connectivity index (χ0) is 20.0. The molecule has 3 rings (SSSR count). The van der Waals surface area contributed by atoms with E-state index in [2.05, 4.69) is 12.2 Å². The molecule has 1 aromatic heterocycles. The van der Waals surface area contributed by atoms with Gasteiger partial charge in [-0.25, -0.2) is 8.42 Å². The third kappa shape index (κ3) is 5.55. The van der Waals surface area contributed by atoms with Gasteiger partial charge in [0.1, 0.15) is 4.21 Å². The molecule has 2 heterocycles. The zero-order valence-corrected chi connectivity index (χ0v) is 18.3. The molecule has 2 fully saturated rings. The van der Waals surface area contributed by atoms with Gasteiger partial charge in [-0.05, 0) is 30.9 Å². The van der Waals surface area contributed by atoms with E-state index in [1.165, 1.54) is 47.7 Å². The molecule has 0 bridgehead atoms. The topological polar surface area (TPSA) is 75.7 Å². The fraction of sp³-hybridized carbons (Fsp3) is 0.750. The summed E-state index contributed by atoms with van der Waals surface area (Å²) in [4.78, 5) is 13.5.